The lowest BCUT2D eigenvalue weighted by Crippen LogP contribution is -2.15. The number of nitriles is 1. The monoisotopic (exact) mass is 523 g/mol. The van der Waals surface area contributed by atoms with Crippen LogP contribution in [0, 0.1) is 32.1 Å². The molecule has 0 spiro atoms. The highest BCUT2D eigenvalue weighted by molar-refractivity contribution is 8.00. The summed E-state index contributed by atoms with van der Waals surface area (Å²) in [5.74, 6) is 1.10. The van der Waals surface area contributed by atoms with Gasteiger partial charge in [-0.25, -0.2) is 4.98 Å². The molecule has 0 aliphatic rings. The number of hydrogen-bond acceptors (Lipinski definition) is 6. The van der Waals surface area contributed by atoms with Crippen molar-refractivity contribution >= 4 is 23.4 Å². The first-order chi connectivity index (χ1) is 18.3. The summed E-state index contributed by atoms with van der Waals surface area (Å²) >= 11 is 1.24. The van der Waals surface area contributed by atoms with Crippen LogP contribution in [0.25, 0.3) is 22.4 Å². The Morgan fingerprint density at radius 2 is 1.58 bits per heavy atom. The zero-order valence-electron chi connectivity index (χ0n) is 22.1. The summed E-state index contributed by atoms with van der Waals surface area (Å²) < 4.78 is 10.9. The maximum Gasteiger partial charge on any atom is 0.234 e. The van der Waals surface area contributed by atoms with E-state index in [4.69, 9.17) is 14.5 Å². The van der Waals surface area contributed by atoms with Crippen molar-refractivity contribution in [3.05, 3.63) is 89.0 Å². The maximum atomic E-state index is 12.9. The van der Waals surface area contributed by atoms with Crippen LogP contribution >= 0.6 is 11.8 Å². The Hall–Kier alpha value is -4.28. The number of hydrogen-bond donors (Lipinski definition) is 1. The summed E-state index contributed by atoms with van der Waals surface area (Å²) in [7, 11) is 3.16. The van der Waals surface area contributed by atoms with E-state index >= 15 is 0 Å². The highest BCUT2D eigenvalue weighted by atomic mass is 32.2. The molecule has 7 heteroatoms. The minimum Gasteiger partial charge on any atom is -0.493 e. The zero-order chi connectivity index (χ0) is 27.2. The SMILES string of the molecule is COc1ccc(-c2cc(-c3ccc(C)cc3)nc(SCC(=O)Nc3ccc(C)cc3C)c2C#N)cc1OC. The Bertz CT molecular complexity index is 1530. The van der Waals surface area contributed by atoms with Gasteiger partial charge in [0.2, 0.25) is 5.91 Å². The molecule has 1 heterocycles. The zero-order valence-corrected chi connectivity index (χ0v) is 22.9. The highest BCUT2D eigenvalue weighted by Crippen LogP contribution is 2.38. The molecule has 0 aliphatic heterocycles. The third-order valence-corrected chi connectivity index (χ3v) is 7.11. The van der Waals surface area contributed by atoms with Gasteiger partial charge in [0.1, 0.15) is 11.1 Å². The number of carbonyl (C=O) groups excluding carboxylic acids is 1. The number of ether oxygens (including phenoxy) is 2. The largest absolute Gasteiger partial charge is 0.493 e. The molecule has 0 radical (unpaired) electrons. The average molecular weight is 524 g/mol. The number of nitrogens with zero attached hydrogens (tertiary/aromatic N) is 2. The number of amides is 1. The van der Waals surface area contributed by atoms with Crippen molar-refractivity contribution in [2.24, 2.45) is 0 Å². The predicted octanol–water partition coefficient (Wildman–Crippen LogP) is 6.96. The highest BCUT2D eigenvalue weighted by Gasteiger charge is 2.19. The molecule has 0 saturated heterocycles. The Morgan fingerprint density at radius 3 is 2.24 bits per heavy atom. The molecule has 6 nitrogen and oxygen atoms in total. The number of aromatic nitrogens is 1. The topological polar surface area (TPSA) is 84.2 Å². The Morgan fingerprint density at radius 1 is 0.895 bits per heavy atom. The van der Waals surface area contributed by atoms with Gasteiger partial charge in [-0.3, -0.25) is 4.79 Å². The van der Waals surface area contributed by atoms with E-state index in [2.05, 4.69) is 11.4 Å². The number of benzene rings is 3. The lowest BCUT2D eigenvalue weighted by molar-refractivity contribution is -0.113. The van der Waals surface area contributed by atoms with Crippen LogP contribution in [-0.2, 0) is 4.79 Å². The predicted molar refractivity (Wildman–Crippen MR) is 153 cm³/mol. The van der Waals surface area contributed by atoms with E-state index in [0.29, 0.717) is 33.3 Å². The van der Waals surface area contributed by atoms with Crippen LogP contribution in [0.4, 0.5) is 5.69 Å². The molecular formula is C31H29N3O3S. The molecule has 3 aromatic carbocycles. The average Bonchev–Trinajstić information content (AvgIpc) is 2.92. The summed E-state index contributed by atoms with van der Waals surface area (Å²) in [6.07, 6.45) is 0. The van der Waals surface area contributed by atoms with Crippen LogP contribution in [0.1, 0.15) is 22.3 Å². The van der Waals surface area contributed by atoms with E-state index in [1.54, 1.807) is 14.2 Å². The smallest absolute Gasteiger partial charge is 0.234 e. The minimum absolute atomic E-state index is 0.109. The number of carbonyl (C=O) groups is 1. The van der Waals surface area contributed by atoms with E-state index in [1.807, 2.05) is 87.5 Å². The second kappa shape index (κ2) is 11.8. The summed E-state index contributed by atoms with van der Waals surface area (Å²) in [4.78, 5) is 17.7. The Balaban J connectivity index is 1.73. The van der Waals surface area contributed by atoms with Crippen molar-refractivity contribution in [2.45, 2.75) is 25.8 Å². The van der Waals surface area contributed by atoms with Crippen molar-refractivity contribution in [1.29, 1.82) is 5.26 Å². The Kier molecular flexibility index (Phi) is 8.35. The molecule has 4 aromatic rings. The van der Waals surface area contributed by atoms with Gasteiger partial charge < -0.3 is 14.8 Å². The van der Waals surface area contributed by atoms with E-state index in [0.717, 1.165) is 33.5 Å². The number of thioether (sulfide) groups is 1. The van der Waals surface area contributed by atoms with Crippen LogP contribution in [0.15, 0.2) is 71.8 Å². The normalized spacial score (nSPS) is 10.5. The summed E-state index contributed by atoms with van der Waals surface area (Å²) in [5, 5.41) is 13.7. The van der Waals surface area contributed by atoms with Gasteiger partial charge in [-0.05, 0) is 56.2 Å². The maximum absolute atomic E-state index is 12.9. The molecule has 38 heavy (non-hydrogen) atoms. The van der Waals surface area contributed by atoms with Crippen molar-refractivity contribution in [3.63, 3.8) is 0 Å². The number of aryl methyl sites for hydroxylation is 3. The molecule has 0 saturated carbocycles. The number of rotatable bonds is 8. The van der Waals surface area contributed by atoms with Crippen LogP contribution in [0.5, 0.6) is 11.5 Å². The van der Waals surface area contributed by atoms with Gasteiger partial charge in [-0.15, -0.1) is 0 Å². The molecule has 4 rings (SSSR count). The second-order valence-corrected chi connectivity index (χ2v) is 9.90. The molecular weight excluding hydrogens is 494 g/mol. The summed E-state index contributed by atoms with van der Waals surface area (Å²) in [5.41, 5.74) is 7.57. The Labute approximate surface area is 227 Å². The van der Waals surface area contributed by atoms with Crippen LogP contribution in [-0.4, -0.2) is 30.9 Å². The standard InChI is InChI=1S/C31H29N3O3S/c1-19-6-9-22(10-7-19)27-16-24(23-11-13-28(36-4)29(15-23)37-5)25(17-32)31(34-27)38-18-30(35)33-26-12-8-20(2)14-21(26)3/h6-16H,18H2,1-5H3,(H,33,35). The molecule has 0 atom stereocenters. The van der Waals surface area contributed by atoms with Gasteiger partial charge in [0.15, 0.2) is 11.5 Å². The third-order valence-electron chi connectivity index (χ3n) is 6.14. The molecule has 1 N–H and O–H groups in total. The molecule has 1 aromatic heterocycles. The molecule has 0 bridgehead atoms. The van der Waals surface area contributed by atoms with E-state index in [9.17, 15) is 10.1 Å². The summed E-state index contributed by atoms with van der Waals surface area (Å²) in [6, 6.07) is 23.7. The fraction of sp³-hybridized carbons (Fsp3) is 0.194. The van der Waals surface area contributed by atoms with Crippen molar-refractivity contribution in [3.8, 4) is 40.0 Å². The number of anilines is 1. The number of nitrogens with one attached hydrogen (secondary N) is 1. The molecule has 1 amide bonds. The first-order valence-electron chi connectivity index (χ1n) is 12.1. The first kappa shape index (κ1) is 26.8. The number of methoxy groups -OCH3 is 2. The second-order valence-electron chi connectivity index (χ2n) is 8.94. The minimum atomic E-state index is -0.166. The lowest BCUT2D eigenvalue weighted by Gasteiger charge is -2.15. The van der Waals surface area contributed by atoms with Gasteiger partial charge in [0.25, 0.3) is 0 Å². The third kappa shape index (κ3) is 5.99. The van der Waals surface area contributed by atoms with E-state index in [-0.39, 0.29) is 11.7 Å². The molecule has 192 valence electrons. The lowest BCUT2D eigenvalue weighted by atomic mass is 9.98. The van der Waals surface area contributed by atoms with Gasteiger partial charge in [0.05, 0.1) is 31.2 Å². The van der Waals surface area contributed by atoms with Gasteiger partial charge in [0, 0.05) is 16.8 Å². The summed E-state index contributed by atoms with van der Waals surface area (Å²) in [6.45, 7) is 6.01. The molecule has 0 fully saturated rings. The van der Waals surface area contributed by atoms with Crippen LogP contribution in [0.2, 0.25) is 0 Å². The first-order valence-corrected chi connectivity index (χ1v) is 13.1. The quantitative estimate of drug-likeness (QED) is 0.251. The van der Waals surface area contributed by atoms with E-state index in [1.165, 1.54) is 11.8 Å². The number of pyridine rings is 1. The fourth-order valence-corrected chi connectivity index (χ4v) is 4.91. The fourth-order valence-electron chi connectivity index (χ4n) is 4.11. The van der Waals surface area contributed by atoms with Crippen molar-refractivity contribution < 1.29 is 14.3 Å². The molecule has 0 aliphatic carbocycles. The van der Waals surface area contributed by atoms with Crippen LogP contribution in [0.3, 0.4) is 0 Å². The molecule has 0 unspecified atom stereocenters. The van der Waals surface area contributed by atoms with Gasteiger partial charge in [-0.1, -0.05) is 65.4 Å². The van der Waals surface area contributed by atoms with Crippen molar-refractivity contribution in [1.82, 2.24) is 4.98 Å². The van der Waals surface area contributed by atoms with Crippen molar-refractivity contribution in [2.75, 3.05) is 25.3 Å². The van der Waals surface area contributed by atoms with Crippen LogP contribution < -0.4 is 14.8 Å². The van der Waals surface area contributed by atoms with Gasteiger partial charge in [-0.2, -0.15) is 5.26 Å². The van der Waals surface area contributed by atoms with Gasteiger partial charge >= 0.3 is 0 Å². The van der Waals surface area contributed by atoms with E-state index < -0.39 is 0 Å².